The predicted molar refractivity (Wildman–Crippen MR) is 99.5 cm³/mol. The number of nitrogens with two attached hydrogens (primary N) is 1. The molecule has 0 bridgehead atoms. The van der Waals surface area contributed by atoms with Crippen molar-refractivity contribution in [2.24, 2.45) is 5.73 Å². The van der Waals surface area contributed by atoms with Gasteiger partial charge in [-0.2, -0.15) is 5.26 Å². The molecule has 1 aliphatic rings. The van der Waals surface area contributed by atoms with Crippen LogP contribution < -0.4 is 15.5 Å². The Morgan fingerprint density at radius 2 is 1.92 bits per heavy atom. The van der Waals surface area contributed by atoms with E-state index in [-0.39, 0.29) is 0 Å². The van der Waals surface area contributed by atoms with Crippen LogP contribution >= 0.6 is 0 Å². The molecule has 4 aromatic rings. The maximum atomic E-state index is 9.61. The summed E-state index contributed by atoms with van der Waals surface area (Å²) < 4.78 is 0. The van der Waals surface area contributed by atoms with Gasteiger partial charge >= 0.3 is 0 Å². The Kier molecular flexibility index (Phi) is 3.01. The number of rotatable bonds is 1. The minimum absolute atomic E-state index is 0.663. The van der Waals surface area contributed by atoms with Crippen molar-refractivity contribution < 1.29 is 0 Å². The molecular formula is C19H13N7. The Balaban J connectivity index is 1.79. The summed E-state index contributed by atoms with van der Waals surface area (Å²) in [4.78, 5) is 16.4. The number of hydrogen-bond donors (Lipinski definition) is 1. The quantitative estimate of drug-likeness (QED) is 0.533. The molecule has 5 rings (SSSR count). The summed E-state index contributed by atoms with van der Waals surface area (Å²) in [5, 5.41) is 11.5. The molecule has 1 aliphatic heterocycles. The van der Waals surface area contributed by atoms with Crippen molar-refractivity contribution in [3.8, 4) is 6.19 Å². The van der Waals surface area contributed by atoms with Crippen molar-refractivity contribution in [2.75, 3.05) is 9.80 Å². The van der Waals surface area contributed by atoms with E-state index in [1.165, 1.54) is 11.2 Å². The summed E-state index contributed by atoms with van der Waals surface area (Å²) in [6.07, 6.45) is 6.54. The summed E-state index contributed by atoms with van der Waals surface area (Å²) in [6.45, 7) is 0. The molecule has 3 heterocycles. The van der Waals surface area contributed by atoms with Crippen LogP contribution in [0.1, 0.15) is 0 Å². The normalized spacial score (nSPS) is 16.1. The van der Waals surface area contributed by atoms with Gasteiger partial charge in [0.25, 0.3) is 0 Å². The van der Waals surface area contributed by atoms with E-state index in [0.717, 1.165) is 38.9 Å². The van der Waals surface area contributed by atoms with Crippen LogP contribution in [0.25, 0.3) is 21.8 Å². The highest BCUT2D eigenvalue weighted by Crippen LogP contribution is 2.46. The molecule has 0 spiro atoms. The lowest BCUT2D eigenvalue weighted by Crippen LogP contribution is -2.45. The Hall–Kier alpha value is -3.76. The van der Waals surface area contributed by atoms with Crippen LogP contribution in [0.4, 0.5) is 17.1 Å². The van der Waals surface area contributed by atoms with Crippen LogP contribution in [0.3, 0.4) is 0 Å². The fourth-order valence-corrected chi connectivity index (χ4v) is 3.45. The Bertz CT molecular complexity index is 1200. The zero-order valence-corrected chi connectivity index (χ0v) is 13.6. The molecule has 0 fully saturated rings. The average molecular weight is 339 g/mol. The standard InChI is InChI=1S/C19H13N7/c20-10-25-17-6-5-16-14(9-22-11-24-16)18(17)26(19(25)21)13-7-12-3-1-2-4-15(12)23-8-13/h1-9,11,19H,21H2. The number of fused-ring (bicyclic) bond motifs is 4. The van der Waals surface area contributed by atoms with Gasteiger partial charge < -0.3 is 4.90 Å². The maximum absolute atomic E-state index is 9.61. The summed E-state index contributed by atoms with van der Waals surface area (Å²) in [6, 6.07) is 13.6. The molecular weight excluding hydrogens is 326 g/mol. The van der Waals surface area contributed by atoms with Gasteiger partial charge in [-0.15, -0.1) is 0 Å². The molecule has 0 aliphatic carbocycles. The predicted octanol–water partition coefficient (Wildman–Crippen LogP) is 2.86. The number of para-hydroxylation sites is 1. The molecule has 2 aromatic carbocycles. The molecule has 0 amide bonds. The smallest absolute Gasteiger partial charge is 0.187 e. The monoisotopic (exact) mass is 339 g/mol. The number of aromatic nitrogens is 3. The van der Waals surface area contributed by atoms with Gasteiger partial charge in [0.05, 0.1) is 34.3 Å². The van der Waals surface area contributed by atoms with Gasteiger partial charge in [-0.05, 0) is 24.3 Å². The SMILES string of the molecule is N#CN1c2ccc3ncncc3c2N(c2cnc3ccccc3c2)C1N. The summed E-state index contributed by atoms with van der Waals surface area (Å²) in [5.74, 6) is 0. The molecule has 124 valence electrons. The van der Waals surface area contributed by atoms with Crippen molar-refractivity contribution in [1.82, 2.24) is 15.0 Å². The Morgan fingerprint density at radius 3 is 2.81 bits per heavy atom. The van der Waals surface area contributed by atoms with E-state index in [9.17, 15) is 5.26 Å². The third kappa shape index (κ3) is 1.93. The van der Waals surface area contributed by atoms with Crippen molar-refractivity contribution in [1.29, 1.82) is 5.26 Å². The zero-order chi connectivity index (χ0) is 17.7. The van der Waals surface area contributed by atoms with Gasteiger partial charge in [0.15, 0.2) is 12.5 Å². The van der Waals surface area contributed by atoms with Crippen LogP contribution in [-0.2, 0) is 0 Å². The molecule has 1 unspecified atom stereocenters. The fraction of sp³-hybridized carbons (Fsp3) is 0.0526. The summed E-state index contributed by atoms with van der Waals surface area (Å²) in [7, 11) is 0. The first-order valence-electron chi connectivity index (χ1n) is 8.09. The molecule has 0 saturated carbocycles. The average Bonchev–Trinajstić information content (AvgIpc) is 2.99. The molecule has 7 nitrogen and oxygen atoms in total. The number of pyridine rings is 1. The van der Waals surface area contributed by atoms with Crippen LogP contribution in [0.2, 0.25) is 0 Å². The first kappa shape index (κ1) is 14.6. The third-order valence-electron chi connectivity index (χ3n) is 4.63. The van der Waals surface area contributed by atoms with Crippen LogP contribution in [0.15, 0.2) is 61.2 Å². The number of nitriles is 1. The molecule has 7 heteroatoms. The molecule has 0 radical (unpaired) electrons. The lowest BCUT2D eigenvalue weighted by Gasteiger charge is -2.26. The number of benzene rings is 2. The minimum atomic E-state index is -0.663. The summed E-state index contributed by atoms with van der Waals surface area (Å²) in [5.41, 5.74) is 10.5. The second kappa shape index (κ2) is 5.37. The largest absolute Gasteiger partial charge is 0.303 e. The Labute approximate surface area is 148 Å². The maximum Gasteiger partial charge on any atom is 0.187 e. The number of hydrogen-bond acceptors (Lipinski definition) is 7. The molecule has 0 saturated heterocycles. The molecule has 2 N–H and O–H groups in total. The van der Waals surface area contributed by atoms with Gasteiger partial charge in [-0.1, -0.05) is 18.2 Å². The van der Waals surface area contributed by atoms with E-state index in [2.05, 4.69) is 21.1 Å². The number of anilines is 3. The first-order valence-corrected chi connectivity index (χ1v) is 8.09. The lowest BCUT2D eigenvalue weighted by atomic mass is 10.1. The third-order valence-corrected chi connectivity index (χ3v) is 4.63. The van der Waals surface area contributed by atoms with Gasteiger partial charge in [-0.25, -0.2) is 14.9 Å². The van der Waals surface area contributed by atoms with Crippen molar-refractivity contribution in [3.05, 3.63) is 61.2 Å². The number of nitrogens with zero attached hydrogens (tertiary/aromatic N) is 6. The lowest BCUT2D eigenvalue weighted by molar-refractivity contribution is 0.727. The van der Waals surface area contributed by atoms with Crippen molar-refractivity contribution in [3.63, 3.8) is 0 Å². The van der Waals surface area contributed by atoms with Gasteiger partial charge in [0, 0.05) is 17.0 Å². The van der Waals surface area contributed by atoms with E-state index in [1.54, 1.807) is 12.4 Å². The fourth-order valence-electron chi connectivity index (χ4n) is 3.45. The molecule has 26 heavy (non-hydrogen) atoms. The van der Waals surface area contributed by atoms with E-state index in [1.807, 2.05) is 47.4 Å². The van der Waals surface area contributed by atoms with E-state index in [4.69, 9.17) is 5.73 Å². The minimum Gasteiger partial charge on any atom is -0.303 e. The topological polar surface area (TPSA) is 95.0 Å². The molecule has 1 atom stereocenters. The van der Waals surface area contributed by atoms with Crippen LogP contribution in [-0.4, -0.2) is 21.2 Å². The van der Waals surface area contributed by atoms with Crippen LogP contribution in [0.5, 0.6) is 0 Å². The van der Waals surface area contributed by atoms with E-state index < -0.39 is 6.29 Å². The van der Waals surface area contributed by atoms with Gasteiger partial charge in [-0.3, -0.25) is 10.7 Å². The van der Waals surface area contributed by atoms with Crippen molar-refractivity contribution >= 4 is 38.9 Å². The van der Waals surface area contributed by atoms with E-state index in [0.29, 0.717) is 0 Å². The van der Waals surface area contributed by atoms with E-state index >= 15 is 0 Å². The van der Waals surface area contributed by atoms with Gasteiger partial charge in [0.2, 0.25) is 0 Å². The molecule has 2 aromatic heterocycles. The highest BCUT2D eigenvalue weighted by atomic mass is 15.5. The highest BCUT2D eigenvalue weighted by molar-refractivity contribution is 6.04. The van der Waals surface area contributed by atoms with Gasteiger partial charge in [0.1, 0.15) is 6.33 Å². The summed E-state index contributed by atoms with van der Waals surface area (Å²) >= 11 is 0. The Morgan fingerprint density at radius 1 is 1.04 bits per heavy atom. The second-order valence-electron chi connectivity index (χ2n) is 6.03. The first-order chi connectivity index (χ1) is 12.8. The highest BCUT2D eigenvalue weighted by Gasteiger charge is 2.36. The van der Waals surface area contributed by atoms with Crippen LogP contribution in [0, 0.1) is 11.5 Å². The van der Waals surface area contributed by atoms with Crippen molar-refractivity contribution in [2.45, 2.75) is 6.29 Å². The second-order valence-corrected chi connectivity index (χ2v) is 6.03. The zero-order valence-electron chi connectivity index (χ0n) is 13.6.